The number of nitrogens with zero attached hydrogens (tertiary/aromatic N) is 3. The third kappa shape index (κ3) is 10.4. The molecule has 12 nitrogen and oxygen atoms in total. The van der Waals surface area contributed by atoms with Crippen molar-refractivity contribution in [2.45, 2.75) is 20.5 Å². The number of carbonyl (C=O) groups excluding carboxylic acids is 3. The van der Waals surface area contributed by atoms with Crippen LogP contribution < -0.4 is 26.2 Å². The highest BCUT2D eigenvalue weighted by Gasteiger charge is 2.18. The first-order valence-corrected chi connectivity index (χ1v) is 18.7. The second-order valence-electron chi connectivity index (χ2n) is 12.7. The molecule has 0 bridgehead atoms. The fraction of sp³-hybridized carbons (Fsp3) is 0.300. The lowest BCUT2D eigenvalue weighted by Gasteiger charge is -2.23. The van der Waals surface area contributed by atoms with E-state index in [1.807, 2.05) is 74.4 Å². The number of pyridine rings is 1. The first kappa shape index (κ1) is 39.9. The lowest BCUT2D eigenvalue weighted by Crippen LogP contribution is -2.31. The molecular weight excluding hydrogens is 729 g/mol. The molecule has 0 atom stereocenters. The van der Waals surface area contributed by atoms with Gasteiger partial charge in [-0.25, -0.2) is 14.6 Å². The molecule has 0 spiro atoms. The van der Waals surface area contributed by atoms with Crippen LogP contribution in [0.25, 0.3) is 21.8 Å². The molecular formula is C40H45Cl2N7O5. The van der Waals surface area contributed by atoms with Gasteiger partial charge in [0.15, 0.2) is 0 Å². The Balaban J connectivity index is 1.44. The number of carbonyl (C=O) groups is 3. The predicted molar refractivity (Wildman–Crippen MR) is 219 cm³/mol. The molecule has 0 saturated carbocycles. The van der Waals surface area contributed by atoms with E-state index >= 15 is 0 Å². The molecule has 0 aliphatic rings. The number of aromatic nitrogens is 1. The summed E-state index contributed by atoms with van der Waals surface area (Å²) < 4.78 is 10.8. The van der Waals surface area contributed by atoms with E-state index in [1.54, 1.807) is 37.3 Å². The van der Waals surface area contributed by atoms with Crippen LogP contribution in [0, 0.1) is 6.92 Å². The molecule has 0 aliphatic heterocycles. The fourth-order valence-corrected chi connectivity index (χ4v) is 6.33. The SMILES string of the molecule is CCOC(=O)Nc1cc(COC(=O)Nc2ccc(N(CCCl)CCCl)cc2)cc(Nc2c3cccc(C)c3nc3c(C(=O)NCCN(C)C)cccc23)c1. The van der Waals surface area contributed by atoms with Gasteiger partial charge in [0.2, 0.25) is 0 Å². The molecule has 0 saturated heterocycles. The average molecular weight is 775 g/mol. The Morgan fingerprint density at radius 1 is 0.759 bits per heavy atom. The van der Waals surface area contributed by atoms with Crippen molar-refractivity contribution in [2.24, 2.45) is 0 Å². The van der Waals surface area contributed by atoms with Crippen molar-refractivity contribution in [3.05, 3.63) is 95.6 Å². The van der Waals surface area contributed by atoms with E-state index in [-0.39, 0.29) is 19.1 Å². The van der Waals surface area contributed by atoms with E-state index in [0.29, 0.717) is 71.6 Å². The summed E-state index contributed by atoms with van der Waals surface area (Å²) in [6, 6.07) is 24.0. The Morgan fingerprint density at radius 2 is 1.41 bits per heavy atom. The number of halogens is 2. The first-order chi connectivity index (χ1) is 26.1. The molecule has 14 heteroatoms. The fourth-order valence-electron chi connectivity index (χ4n) is 5.92. The first-order valence-electron chi connectivity index (χ1n) is 17.6. The normalized spacial score (nSPS) is 11.0. The van der Waals surface area contributed by atoms with Crippen LogP contribution in [0.4, 0.5) is 38.0 Å². The van der Waals surface area contributed by atoms with Gasteiger partial charge in [-0.1, -0.05) is 30.3 Å². The summed E-state index contributed by atoms with van der Waals surface area (Å²) in [5, 5.41) is 13.6. The molecule has 1 heterocycles. The van der Waals surface area contributed by atoms with Crippen LogP contribution in [0.1, 0.15) is 28.4 Å². The quantitative estimate of drug-likeness (QED) is 0.0576. The van der Waals surface area contributed by atoms with Crippen LogP contribution >= 0.6 is 23.2 Å². The van der Waals surface area contributed by atoms with Gasteiger partial charge in [0.05, 0.1) is 28.9 Å². The van der Waals surface area contributed by atoms with Gasteiger partial charge in [0.1, 0.15) is 6.61 Å². The van der Waals surface area contributed by atoms with Crippen molar-refractivity contribution in [2.75, 3.05) is 79.5 Å². The van der Waals surface area contributed by atoms with Crippen molar-refractivity contribution in [1.29, 1.82) is 0 Å². The van der Waals surface area contributed by atoms with E-state index in [2.05, 4.69) is 26.2 Å². The molecule has 54 heavy (non-hydrogen) atoms. The van der Waals surface area contributed by atoms with Crippen molar-refractivity contribution in [3.8, 4) is 0 Å². The molecule has 0 radical (unpaired) electrons. The number of likely N-dealkylation sites (N-methyl/N-ethyl adjacent to an activating group) is 1. The molecule has 0 fully saturated rings. The van der Waals surface area contributed by atoms with E-state index in [0.717, 1.165) is 33.2 Å². The number of fused-ring (bicyclic) bond motifs is 2. The lowest BCUT2D eigenvalue weighted by molar-refractivity contribution is 0.0952. The van der Waals surface area contributed by atoms with Gasteiger partial charge in [-0.2, -0.15) is 0 Å². The zero-order chi connectivity index (χ0) is 38.6. The number of hydrogen-bond acceptors (Lipinski definition) is 9. The number of ether oxygens (including phenoxy) is 2. The van der Waals surface area contributed by atoms with Crippen LogP contribution in [0.15, 0.2) is 78.9 Å². The average Bonchev–Trinajstić information content (AvgIpc) is 3.14. The molecule has 284 valence electrons. The van der Waals surface area contributed by atoms with Gasteiger partial charge in [-0.05, 0) is 87.6 Å². The Morgan fingerprint density at radius 3 is 2.09 bits per heavy atom. The Kier molecular flexibility index (Phi) is 14.2. The summed E-state index contributed by atoms with van der Waals surface area (Å²) in [4.78, 5) is 47.9. The second-order valence-corrected chi connectivity index (χ2v) is 13.5. The Labute approximate surface area is 325 Å². The molecule has 0 unspecified atom stereocenters. The van der Waals surface area contributed by atoms with Crippen molar-refractivity contribution < 1.29 is 23.9 Å². The predicted octanol–water partition coefficient (Wildman–Crippen LogP) is 8.33. The minimum absolute atomic E-state index is 0.107. The number of rotatable bonds is 16. The summed E-state index contributed by atoms with van der Waals surface area (Å²) in [6.07, 6.45) is -1.28. The summed E-state index contributed by atoms with van der Waals surface area (Å²) in [6.45, 7) is 6.25. The molecule has 4 aromatic carbocycles. The molecule has 0 aliphatic carbocycles. The third-order valence-electron chi connectivity index (χ3n) is 8.47. The van der Waals surface area contributed by atoms with Gasteiger partial charge in [-0.3, -0.25) is 15.4 Å². The van der Waals surface area contributed by atoms with Crippen molar-refractivity contribution in [1.82, 2.24) is 15.2 Å². The molecule has 5 rings (SSSR count). The van der Waals surface area contributed by atoms with Gasteiger partial charge in [0, 0.05) is 71.5 Å². The zero-order valence-corrected chi connectivity index (χ0v) is 32.3. The molecule has 4 N–H and O–H groups in total. The van der Waals surface area contributed by atoms with Gasteiger partial charge in [0.25, 0.3) is 5.91 Å². The lowest BCUT2D eigenvalue weighted by atomic mass is 10.0. The van der Waals surface area contributed by atoms with Gasteiger partial charge >= 0.3 is 12.2 Å². The summed E-state index contributed by atoms with van der Waals surface area (Å²) in [5.74, 6) is 0.704. The number of amides is 3. The van der Waals surface area contributed by atoms with E-state index in [4.69, 9.17) is 37.7 Å². The van der Waals surface area contributed by atoms with Crippen molar-refractivity contribution >= 4 is 91.5 Å². The second kappa shape index (κ2) is 19.2. The smallest absolute Gasteiger partial charge is 0.411 e. The maximum atomic E-state index is 13.4. The van der Waals surface area contributed by atoms with Crippen LogP contribution in [-0.2, 0) is 16.1 Å². The molecule has 1 aromatic heterocycles. The highest BCUT2D eigenvalue weighted by Crippen LogP contribution is 2.36. The van der Waals surface area contributed by atoms with Gasteiger partial charge < -0.3 is 29.9 Å². The van der Waals surface area contributed by atoms with Crippen LogP contribution in [0.5, 0.6) is 0 Å². The topological polar surface area (TPSA) is 137 Å². The van der Waals surface area contributed by atoms with Crippen LogP contribution in [0.2, 0.25) is 0 Å². The number of para-hydroxylation sites is 2. The van der Waals surface area contributed by atoms with E-state index < -0.39 is 12.2 Å². The Hall–Kier alpha value is -5.30. The monoisotopic (exact) mass is 773 g/mol. The summed E-state index contributed by atoms with van der Waals surface area (Å²) in [7, 11) is 3.90. The molecule has 3 amide bonds. The highest BCUT2D eigenvalue weighted by molar-refractivity contribution is 6.19. The van der Waals surface area contributed by atoms with E-state index in [9.17, 15) is 14.4 Å². The van der Waals surface area contributed by atoms with Crippen LogP contribution in [0.3, 0.4) is 0 Å². The minimum atomic E-state index is -0.655. The van der Waals surface area contributed by atoms with Crippen molar-refractivity contribution in [3.63, 3.8) is 0 Å². The van der Waals surface area contributed by atoms with Crippen LogP contribution in [-0.4, -0.2) is 86.6 Å². The maximum Gasteiger partial charge on any atom is 0.411 e. The minimum Gasteiger partial charge on any atom is -0.450 e. The third-order valence-corrected chi connectivity index (χ3v) is 8.80. The highest BCUT2D eigenvalue weighted by atomic mass is 35.5. The number of hydrogen-bond donors (Lipinski definition) is 4. The molecule has 5 aromatic rings. The summed E-state index contributed by atoms with van der Waals surface area (Å²) >= 11 is 11.9. The number of alkyl halides is 2. The standard InChI is InChI=1S/C40H45Cl2N7O5/c1-5-53-39(51)46-30-23-27(25-54-40(52)45-28-12-14-31(15-13-28)49(19-16-41)20-17-42)22-29(24-30)44-36-32-9-6-8-26(2)35(32)47-37-33(36)10-7-11-34(37)38(50)43-18-21-48(3)4/h6-15,22-24H,5,16-21,25H2,1-4H3,(H,43,50)(H,44,47)(H,45,52)(H,46,51). The number of aryl methyl sites for hydroxylation is 1. The number of anilines is 5. The zero-order valence-electron chi connectivity index (χ0n) is 30.8. The summed E-state index contributed by atoms with van der Waals surface area (Å²) in [5.41, 5.74) is 6.49. The Bertz CT molecular complexity index is 2090. The number of nitrogens with one attached hydrogen (secondary N) is 4. The maximum absolute atomic E-state index is 13.4. The number of benzene rings is 4. The largest absolute Gasteiger partial charge is 0.450 e. The van der Waals surface area contributed by atoms with Gasteiger partial charge in [-0.15, -0.1) is 23.2 Å². The van der Waals surface area contributed by atoms with E-state index in [1.165, 1.54) is 0 Å².